The molecule has 2 unspecified atom stereocenters. The maximum atomic E-state index is 11.4. The van der Waals surface area contributed by atoms with Gasteiger partial charge in [0.05, 0.1) is 11.8 Å². The zero-order valence-electron chi connectivity index (χ0n) is 9.65. The van der Waals surface area contributed by atoms with Crippen molar-refractivity contribution < 1.29 is 19.8 Å². The van der Waals surface area contributed by atoms with E-state index in [0.29, 0.717) is 5.69 Å². The minimum atomic E-state index is -1.34. The molecule has 0 fully saturated rings. The predicted molar refractivity (Wildman–Crippen MR) is 62.3 cm³/mol. The molecule has 1 rings (SSSR count). The van der Waals surface area contributed by atoms with Crippen molar-refractivity contribution in [2.24, 2.45) is 0 Å². The van der Waals surface area contributed by atoms with Crippen molar-refractivity contribution in [3.63, 3.8) is 0 Å². The molecule has 2 atom stereocenters. The van der Waals surface area contributed by atoms with Crippen LogP contribution in [0.5, 0.6) is 0 Å². The van der Waals surface area contributed by atoms with Crippen LogP contribution in [0.25, 0.3) is 6.08 Å². The Kier molecular flexibility index (Phi) is 4.94. The molecular formula is C11H13N3O4. The number of carboxylic acids is 1. The summed E-state index contributed by atoms with van der Waals surface area (Å²) in [5.74, 6) is -1.92. The second-order valence-electron chi connectivity index (χ2n) is 3.53. The second-order valence-corrected chi connectivity index (χ2v) is 3.53. The summed E-state index contributed by atoms with van der Waals surface area (Å²) in [4.78, 5) is 29.7. The first-order valence-corrected chi connectivity index (χ1v) is 5.16. The van der Waals surface area contributed by atoms with Gasteiger partial charge in [0.15, 0.2) is 6.04 Å². The zero-order valence-corrected chi connectivity index (χ0v) is 9.65. The van der Waals surface area contributed by atoms with E-state index in [1.165, 1.54) is 25.5 Å². The van der Waals surface area contributed by atoms with E-state index in [9.17, 15) is 14.7 Å². The SMILES string of the molecule is CC(O)C(NC(=O)/C=C/c1ccncn1)C(=O)O. The fraction of sp³-hybridized carbons (Fsp3) is 0.273. The van der Waals surface area contributed by atoms with Crippen molar-refractivity contribution in [1.82, 2.24) is 15.3 Å². The highest BCUT2D eigenvalue weighted by Gasteiger charge is 2.23. The lowest BCUT2D eigenvalue weighted by Gasteiger charge is -2.15. The Balaban J connectivity index is 2.61. The predicted octanol–water partition coefficient (Wildman–Crippen LogP) is -0.560. The molecule has 0 aliphatic rings. The minimum absolute atomic E-state index is 0.518. The number of carbonyl (C=O) groups excluding carboxylic acids is 1. The number of amides is 1. The van der Waals surface area contributed by atoms with Gasteiger partial charge in [0, 0.05) is 12.3 Å². The van der Waals surface area contributed by atoms with E-state index in [0.717, 1.165) is 6.08 Å². The Morgan fingerprint density at radius 1 is 1.50 bits per heavy atom. The van der Waals surface area contributed by atoms with Crippen molar-refractivity contribution in [2.45, 2.75) is 19.1 Å². The van der Waals surface area contributed by atoms with Gasteiger partial charge in [0.25, 0.3) is 0 Å². The van der Waals surface area contributed by atoms with Crippen LogP contribution in [0.1, 0.15) is 12.6 Å². The number of nitrogens with one attached hydrogen (secondary N) is 1. The maximum absolute atomic E-state index is 11.4. The number of hydrogen-bond donors (Lipinski definition) is 3. The molecule has 0 bridgehead atoms. The molecule has 1 aromatic rings. The van der Waals surface area contributed by atoms with Gasteiger partial charge >= 0.3 is 5.97 Å². The van der Waals surface area contributed by atoms with Gasteiger partial charge in [-0.2, -0.15) is 0 Å². The van der Waals surface area contributed by atoms with E-state index in [1.54, 1.807) is 6.07 Å². The fourth-order valence-corrected chi connectivity index (χ4v) is 1.15. The summed E-state index contributed by atoms with van der Waals surface area (Å²) < 4.78 is 0. The van der Waals surface area contributed by atoms with Crippen LogP contribution >= 0.6 is 0 Å². The molecule has 0 saturated carbocycles. The Labute approximate surface area is 103 Å². The number of aliphatic carboxylic acids is 1. The Hall–Kier alpha value is -2.28. The molecule has 1 aromatic heterocycles. The van der Waals surface area contributed by atoms with Crippen molar-refractivity contribution in [3.8, 4) is 0 Å². The summed E-state index contributed by atoms with van der Waals surface area (Å²) >= 11 is 0. The lowest BCUT2D eigenvalue weighted by Crippen LogP contribution is -2.47. The van der Waals surface area contributed by atoms with Crippen LogP contribution in [0.3, 0.4) is 0 Å². The number of nitrogens with zero attached hydrogens (tertiary/aromatic N) is 2. The van der Waals surface area contributed by atoms with Crippen molar-refractivity contribution in [3.05, 3.63) is 30.4 Å². The van der Waals surface area contributed by atoms with E-state index in [-0.39, 0.29) is 0 Å². The number of aromatic nitrogens is 2. The van der Waals surface area contributed by atoms with Gasteiger partial charge in [0.2, 0.25) is 5.91 Å². The molecule has 0 aliphatic heterocycles. The van der Waals surface area contributed by atoms with E-state index >= 15 is 0 Å². The van der Waals surface area contributed by atoms with Gasteiger partial charge in [-0.05, 0) is 19.1 Å². The molecular weight excluding hydrogens is 238 g/mol. The first-order chi connectivity index (χ1) is 8.50. The number of aliphatic hydroxyl groups is 1. The summed E-state index contributed by atoms with van der Waals surface area (Å²) in [5, 5.41) is 20.1. The molecule has 7 nitrogen and oxygen atoms in total. The van der Waals surface area contributed by atoms with Crippen molar-refractivity contribution >= 4 is 18.0 Å². The van der Waals surface area contributed by atoms with Crippen LogP contribution in [0, 0.1) is 0 Å². The molecule has 0 radical (unpaired) electrons. The summed E-state index contributed by atoms with van der Waals surface area (Å²) in [7, 11) is 0. The standard InChI is InChI=1S/C11H13N3O4/c1-7(15)10(11(17)18)14-9(16)3-2-8-4-5-12-6-13-8/h2-7,10,15H,1H3,(H,14,16)(H,17,18)/b3-2+. The summed E-state index contributed by atoms with van der Waals surface area (Å²) in [6.07, 6.45) is 4.21. The van der Waals surface area contributed by atoms with Gasteiger partial charge in [-0.15, -0.1) is 0 Å². The highest BCUT2D eigenvalue weighted by atomic mass is 16.4. The second kappa shape index (κ2) is 6.45. The van der Waals surface area contributed by atoms with Crippen molar-refractivity contribution in [2.75, 3.05) is 0 Å². The number of hydrogen-bond acceptors (Lipinski definition) is 5. The van der Waals surface area contributed by atoms with E-state index in [2.05, 4.69) is 15.3 Å². The molecule has 0 saturated heterocycles. The number of carbonyl (C=O) groups is 2. The van der Waals surface area contributed by atoms with Crippen LogP contribution < -0.4 is 5.32 Å². The monoisotopic (exact) mass is 251 g/mol. The summed E-state index contributed by atoms with van der Waals surface area (Å²) in [6, 6.07) is 0.250. The molecule has 18 heavy (non-hydrogen) atoms. The van der Waals surface area contributed by atoms with E-state index in [4.69, 9.17) is 5.11 Å². The number of rotatable bonds is 5. The minimum Gasteiger partial charge on any atom is -0.480 e. The highest BCUT2D eigenvalue weighted by molar-refractivity contribution is 5.94. The third kappa shape index (κ3) is 4.30. The molecule has 96 valence electrons. The number of carboxylic acid groups (broad SMARTS) is 1. The molecule has 0 spiro atoms. The molecule has 1 amide bonds. The molecule has 1 heterocycles. The van der Waals surface area contributed by atoms with Gasteiger partial charge < -0.3 is 15.5 Å². The van der Waals surface area contributed by atoms with Crippen LogP contribution in [0.15, 0.2) is 24.7 Å². The normalized spacial score (nSPS) is 14.1. The van der Waals surface area contributed by atoms with Crippen LogP contribution in [-0.2, 0) is 9.59 Å². The first-order valence-electron chi connectivity index (χ1n) is 5.16. The van der Waals surface area contributed by atoms with E-state index in [1.807, 2.05) is 0 Å². The quantitative estimate of drug-likeness (QED) is 0.605. The largest absolute Gasteiger partial charge is 0.480 e. The Bertz CT molecular complexity index is 445. The smallest absolute Gasteiger partial charge is 0.328 e. The average Bonchev–Trinajstić information content (AvgIpc) is 2.34. The lowest BCUT2D eigenvalue weighted by molar-refractivity contribution is -0.144. The van der Waals surface area contributed by atoms with E-state index < -0.39 is 24.0 Å². The molecule has 7 heteroatoms. The third-order valence-electron chi connectivity index (χ3n) is 2.06. The van der Waals surface area contributed by atoms with Gasteiger partial charge in [0.1, 0.15) is 6.33 Å². The third-order valence-corrected chi connectivity index (χ3v) is 2.06. The zero-order chi connectivity index (χ0) is 13.5. The topological polar surface area (TPSA) is 112 Å². The summed E-state index contributed by atoms with van der Waals surface area (Å²) in [6.45, 7) is 1.28. The maximum Gasteiger partial charge on any atom is 0.328 e. The first kappa shape index (κ1) is 13.8. The van der Waals surface area contributed by atoms with Gasteiger partial charge in [-0.25, -0.2) is 14.8 Å². The fourth-order valence-electron chi connectivity index (χ4n) is 1.15. The summed E-state index contributed by atoms with van der Waals surface area (Å²) in [5.41, 5.74) is 0.518. The van der Waals surface area contributed by atoms with Crippen LogP contribution in [0.4, 0.5) is 0 Å². The van der Waals surface area contributed by atoms with Crippen LogP contribution in [-0.4, -0.2) is 44.2 Å². The Morgan fingerprint density at radius 2 is 2.22 bits per heavy atom. The number of aliphatic hydroxyl groups excluding tert-OH is 1. The molecule has 0 aliphatic carbocycles. The lowest BCUT2D eigenvalue weighted by atomic mass is 10.2. The van der Waals surface area contributed by atoms with Gasteiger partial charge in [-0.1, -0.05) is 0 Å². The highest BCUT2D eigenvalue weighted by Crippen LogP contribution is 1.96. The van der Waals surface area contributed by atoms with Gasteiger partial charge in [-0.3, -0.25) is 4.79 Å². The van der Waals surface area contributed by atoms with Crippen molar-refractivity contribution in [1.29, 1.82) is 0 Å². The average molecular weight is 251 g/mol. The van der Waals surface area contributed by atoms with Crippen LogP contribution in [0.2, 0.25) is 0 Å². The molecule has 0 aromatic carbocycles. The Morgan fingerprint density at radius 3 is 2.72 bits per heavy atom. The molecule has 3 N–H and O–H groups in total.